The number of benzene rings is 2. The molecule has 0 aliphatic rings. The van der Waals surface area contributed by atoms with E-state index >= 15 is 0 Å². The number of aromatic nitrogens is 1. The van der Waals surface area contributed by atoms with Crippen molar-refractivity contribution in [2.45, 2.75) is 19.4 Å². The molecule has 0 N–H and O–H groups in total. The van der Waals surface area contributed by atoms with E-state index in [0.717, 1.165) is 23.6 Å². The lowest BCUT2D eigenvalue weighted by Gasteiger charge is -2.15. The first kappa shape index (κ1) is 19.4. The zero-order valence-electron chi connectivity index (χ0n) is 15.1. The van der Waals surface area contributed by atoms with Crippen LogP contribution in [0, 0.1) is 0 Å². The molecule has 0 saturated heterocycles. The molecule has 0 spiro atoms. The molecule has 0 atom stereocenters. The van der Waals surface area contributed by atoms with E-state index in [4.69, 9.17) is 16.3 Å². The van der Waals surface area contributed by atoms with Gasteiger partial charge in [0.1, 0.15) is 23.1 Å². The summed E-state index contributed by atoms with van der Waals surface area (Å²) in [6, 6.07) is 17.5. The van der Waals surface area contributed by atoms with Crippen molar-refractivity contribution >= 4 is 28.8 Å². The van der Waals surface area contributed by atoms with Crippen molar-refractivity contribution in [1.82, 2.24) is 9.88 Å². The molecule has 0 fully saturated rings. The molecular formula is C21H21ClN2O2S. The Labute approximate surface area is 168 Å². The predicted molar refractivity (Wildman–Crippen MR) is 110 cm³/mol. The van der Waals surface area contributed by atoms with E-state index in [1.54, 1.807) is 22.4 Å². The van der Waals surface area contributed by atoms with Crippen LogP contribution in [0.2, 0.25) is 5.02 Å². The summed E-state index contributed by atoms with van der Waals surface area (Å²) in [5.41, 5.74) is 1.76. The van der Waals surface area contributed by atoms with E-state index in [0.29, 0.717) is 23.9 Å². The Morgan fingerprint density at radius 3 is 2.63 bits per heavy atom. The Morgan fingerprint density at radius 1 is 1.15 bits per heavy atom. The molecule has 0 unspecified atom stereocenters. The predicted octanol–water partition coefficient (Wildman–Crippen LogP) is 5.08. The summed E-state index contributed by atoms with van der Waals surface area (Å²) in [6.07, 6.45) is 1.87. The third kappa shape index (κ3) is 5.81. The van der Waals surface area contributed by atoms with Crippen LogP contribution in [0.4, 0.5) is 0 Å². The molecule has 1 heterocycles. The summed E-state index contributed by atoms with van der Waals surface area (Å²) in [5, 5.41) is 3.22. The van der Waals surface area contributed by atoms with Crippen molar-refractivity contribution in [1.29, 1.82) is 0 Å². The molecule has 27 heavy (non-hydrogen) atoms. The van der Waals surface area contributed by atoms with Crippen LogP contribution in [0.5, 0.6) is 5.75 Å². The van der Waals surface area contributed by atoms with Gasteiger partial charge in [0.15, 0.2) is 0 Å². The van der Waals surface area contributed by atoms with Gasteiger partial charge in [-0.15, -0.1) is 11.3 Å². The maximum absolute atomic E-state index is 12.5. The summed E-state index contributed by atoms with van der Waals surface area (Å²) in [5.74, 6) is 0.664. The molecule has 2 aromatic carbocycles. The third-order valence-corrected chi connectivity index (χ3v) is 5.17. The monoisotopic (exact) mass is 400 g/mol. The van der Waals surface area contributed by atoms with Gasteiger partial charge in [0, 0.05) is 24.0 Å². The molecule has 4 nitrogen and oxygen atoms in total. The Bertz CT molecular complexity index is 865. The average molecular weight is 401 g/mol. The van der Waals surface area contributed by atoms with Gasteiger partial charge in [0.05, 0.1) is 0 Å². The van der Waals surface area contributed by atoms with E-state index in [1.807, 2.05) is 37.4 Å². The first-order valence-corrected chi connectivity index (χ1v) is 10.00. The second-order valence-electron chi connectivity index (χ2n) is 6.18. The van der Waals surface area contributed by atoms with Crippen molar-refractivity contribution in [3.8, 4) is 5.75 Å². The minimum absolute atomic E-state index is 0.0583. The number of thiazole rings is 1. The molecule has 6 heteroatoms. The van der Waals surface area contributed by atoms with Crippen LogP contribution in [0.1, 0.15) is 27.5 Å². The minimum atomic E-state index is -0.0583. The number of amides is 1. The van der Waals surface area contributed by atoms with Crippen molar-refractivity contribution in [2.24, 2.45) is 0 Å². The quantitative estimate of drug-likeness (QED) is 0.529. The van der Waals surface area contributed by atoms with E-state index < -0.39 is 0 Å². The minimum Gasteiger partial charge on any atom is -0.486 e. The summed E-state index contributed by atoms with van der Waals surface area (Å²) in [4.78, 5) is 18.7. The number of nitrogens with zero attached hydrogens (tertiary/aromatic N) is 2. The van der Waals surface area contributed by atoms with Crippen LogP contribution in [-0.2, 0) is 13.0 Å². The van der Waals surface area contributed by atoms with Gasteiger partial charge >= 0.3 is 0 Å². The topological polar surface area (TPSA) is 42.4 Å². The van der Waals surface area contributed by atoms with Gasteiger partial charge in [0.2, 0.25) is 0 Å². The van der Waals surface area contributed by atoms with Crippen molar-refractivity contribution in [3.05, 3.63) is 81.3 Å². The molecule has 3 rings (SSSR count). The second-order valence-corrected chi connectivity index (χ2v) is 7.56. The van der Waals surface area contributed by atoms with Crippen LogP contribution < -0.4 is 4.74 Å². The van der Waals surface area contributed by atoms with Gasteiger partial charge in [-0.25, -0.2) is 4.98 Å². The molecule has 1 amide bonds. The number of rotatable bonds is 8. The number of aryl methyl sites for hydroxylation is 1. The molecule has 0 saturated carbocycles. The fourth-order valence-corrected chi connectivity index (χ4v) is 3.42. The van der Waals surface area contributed by atoms with Gasteiger partial charge in [-0.2, -0.15) is 0 Å². The highest BCUT2D eigenvalue weighted by molar-refractivity contribution is 7.09. The number of carbonyl (C=O) groups is 1. The lowest BCUT2D eigenvalue weighted by Crippen LogP contribution is -2.28. The van der Waals surface area contributed by atoms with Crippen LogP contribution in [-0.4, -0.2) is 29.4 Å². The number of hydrogen-bond acceptors (Lipinski definition) is 4. The largest absolute Gasteiger partial charge is 0.486 e. The molecule has 1 aromatic heterocycles. The molecule has 0 aliphatic carbocycles. The highest BCUT2D eigenvalue weighted by Gasteiger charge is 2.15. The number of halogens is 1. The molecular weight excluding hydrogens is 380 g/mol. The van der Waals surface area contributed by atoms with Crippen molar-refractivity contribution in [2.75, 3.05) is 13.6 Å². The molecule has 0 aliphatic heterocycles. The standard InChI is InChI=1S/C21H21ClN2O2S/c1-24(13-5-8-16-6-3-2-4-7-16)21(25)19-15-27-20(23-19)14-26-18-11-9-17(22)10-12-18/h2-4,6-7,9-12,15H,5,8,13-14H2,1H3. The van der Waals surface area contributed by atoms with Gasteiger partial charge in [0.25, 0.3) is 5.91 Å². The van der Waals surface area contributed by atoms with Gasteiger partial charge in [-0.05, 0) is 42.7 Å². The molecule has 3 aromatic rings. The smallest absolute Gasteiger partial charge is 0.273 e. The normalized spacial score (nSPS) is 10.6. The number of carbonyl (C=O) groups excluding carboxylic acids is 1. The SMILES string of the molecule is CN(CCCc1ccccc1)C(=O)c1csc(COc2ccc(Cl)cc2)n1. The second kappa shape index (κ2) is 9.53. The van der Waals surface area contributed by atoms with Crippen LogP contribution in [0.3, 0.4) is 0 Å². The summed E-state index contributed by atoms with van der Waals surface area (Å²) in [7, 11) is 1.82. The first-order valence-electron chi connectivity index (χ1n) is 8.74. The summed E-state index contributed by atoms with van der Waals surface area (Å²) < 4.78 is 5.68. The molecule has 0 radical (unpaired) electrons. The maximum atomic E-state index is 12.5. The summed E-state index contributed by atoms with van der Waals surface area (Å²) >= 11 is 7.29. The molecule has 0 bridgehead atoms. The Balaban J connectivity index is 1.47. The van der Waals surface area contributed by atoms with E-state index in [9.17, 15) is 4.79 Å². The first-order chi connectivity index (χ1) is 13.1. The van der Waals surface area contributed by atoms with E-state index in [2.05, 4.69) is 17.1 Å². The fourth-order valence-electron chi connectivity index (χ4n) is 2.61. The fraction of sp³-hybridized carbons (Fsp3) is 0.238. The molecule has 140 valence electrons. The maximum Gasteiger partial charge on any atom is 0.273 e. The van der Waals surface area contributed by atoms with Gasteiger partial charge < -0.3 is 9.64 Å². The van der Waals surface area contributed by atoms with Crippen LogP contribution in [0.15, 0.2) is 60.0 Å². The highest BCUT2D eigenvalue weighted by Crippen LogP contribution is 2.18. The highest BCUT2D eigenvalue weighted by atomic mass is 35.5. The number of hydrogen-bond donors (Lipinski definition) is 0. The summed E-state index contributed by atoms with van der Waals surface area (Å²) in [6.45, 7) is 1.03. The van der Waals surface area contributed by atoms with Crippen LogP contribution >= 0.6 is 22.9 Å². The van der Waals surface area contributed by atoms with Gasteiger partial charge in [-0.3, -0.25) is 4.79 Å². The van der Waals surface area contributed by atoms with Crippen molar-refractivity contribution < 1.29 is 9.53 Å². The number of ether oxygens (including phenoxy) is 1. The van der Waals surface area contributed by atoms with E-state index in [-0.39, 0.29) is 5.91 Å². The van der Waals surface area contributed by atoms with Crippen LogP contribution in [0.25, 0.3) is 0 Å². The van der Waals surface area contributed by atoms with E-state index in [1.165, 1.54) is 16.9 Å². The lowest BCUT2D eigenvalue weighted by atomic mass is 10.1. The average Bonchev–Trinajstić information content (AvgIpc) is 3.17. The Hall–Kier alpha value is -2.37. The van der Waals surface area contributed by atoms with Gasteiger partial charge in [-0.1, -0.05) is 41.9 Å². The zero-order valence-corrected chi connectivity index (χ0v) is 16.7. The Kier molecular flexibility index (Phi) is 6.85. The lowest BCUT2D eigenvalue weighted by molar-refractivity contribution is 0.0788. The zero-order chi connectivity index (χ0) is 19.1. The third-order valence-electron chi connectivity index (χ3n) is 4.10. The van der Waals surface area contributed by atoms with Crippen molar-refractivity contribution in [3.63, 3.8) is 0 Å². The Morgan fingerprint density at radius 2 is 1.89 bits per heavy atom.